The van der Waals surface area contributed by atoms with Crippen molar-refractivity contribution >= 4 is 6.08 Å². The molecule has 19 heavy (non-hydrogen) atoms. The second-order valence-electron chi connectivity index (χ2n) is 7.28. The predicted molar refractivity (Wildman–Crippen MR) is 84.8 cm³/mol. The van der Waals surface area contributed by atoms with Crippen LogP contribution in [-0.4, -0.2) is 5.11 Å². The largest absolute Gasteiger partial charge is 0.507 e. The van der Waals surface area contributed by atoms with Crippen molar-refractivity contribution in [1.29, 1.82) is 0 Å². The summed E-state index contributed by atoms with van der Waals surface area (Å²) in [5, 5.41) is 10.6. The maximum absolute atomic E-state index is 10.6. The smallest absolute Gasteiger partial charge is 0.123 e. The summed E-state index contributed by atoms with van der Waals surface area (Å²) in [5.41, 5.74) is 3.11. The van der Waals surface area contributed by atoms with Gasteiger partial charge in [-0.05, 0) is 34.9 Å². The maximum atomic E-state index is 10.6. The van der Waals surface area contributed by atoms with Gasteiger partial charge in [-0.25, -0.2) is 0 Å². The highest BCUT2D eigenvalue weighted by Gasteiger charge is 2.25. The SMILES string of the molecule is CC/C=C/c1cc(C(C)(C)C)c(O)c(C(C)(C)C)c1. The van der Waals surface area contributed by atoms with Crippen molar-refractivity contribution < 1.29 is 5.11 Å². The minimum Gasteiger partial charge on any atom is -0.507 e. The molecule has 0 saturated carbocycles. The zero-order chi connectivity index (χ0) is 14.8. The molecule has 1 nitrogen and oxygen atoms in total. The van der Waals surface area contributed by atoms with Crippen LogP contribution in [0.5, 0.6) is 5.75 Å². The van der Waals surface area contributed by atoms with Crippen molar-refractivity contribution in [1.82, 2.24) is 0 Å². The Hall–Kier alpha value is -1.24. The molecule has 1 rings (SSSR count). The van der Waals surface area contributed by atoms with Gasteiger partial charge in [0.25, 0.3) is 0 Å². The van der Waals surface area contributed by atoms with Crippen molar-refractivity contribution in [2.45, 2.75) is 65.7 Å². The third-order valence-electron chi connectivity index (χ3n) is 3.29. The van der Waals surface area contributed by atoms with Crippen LogP contribution in [0.4, 0.5) is 0 Å². The van der Waals surface area contributed by atoms with E-state index < -0.39 is 0 Å². The predicted octanol–water partition coefficient (Wildman–Crippen LogP) is 5.41. The molecule has 0 fully saturated rings. The number of aromatic hydroxyl groups is 1. The molecule has 1 N–H and O–H groups in total. The van der Waals surface area contributed by atoms with Crippen LogP contribution in [0.1, 0.15) is 71.6 Å². The van der Waals surface area contributed by atoms with Crippen LogP contribution in [0, 0.1) is 0 Å². The van der Waals surface area contributed by atoms with Gasteiger partial charge in [0.2, 0.25) is 0 Å². The fourth-order valence-corrected chi connectivity index (χ4v) is 2.15. The summed E-state index contributed by atoms with van der Waals surface area (Å²) in [5.74, 6) is 0.452. The van der Waals surface area contributed by atoms with E-state index in [1.165, 1.54) is 5.56 Å². The summed E-state index contributed by atoms with van der Waals surface area (Å²) in [7, 11) is 0. The number of hydrogen-bond donors (Lipinski definition) is 1. The number of hydrogen-bond acceptors (Lipinski definition) is 1. The van der Waals surface area contributed by atoms with E-state index >= 15 is 0 Å². The Morgan fingerprint density at radius 1 is 0.947 bits per heavy atom. The number of phenols is 1. The van der Waals surface area contributed by atoms with E-state index in [4.69, 9.17) is 0 Å². The molecule has 0 aromatic heterocycles. The fourth-order valence-electron chi connectivity index (χ4n) is 2.15. The Labute approximate surface area is 118 Å². The van der Waals surface area contributed by atoms with Crippen molar-refractivity contribution in [3.05, 3.63) is 34.9 Å². The molecule has 0 saturated heterocycles. The average Bonchev–Trinajstić information content (AvgIpc) is 2.24. The Bertz CT molecular complexity index is 432. The Morgan fingerprint density at radius 2 is 1.37 bits per heavy atom. The van der Waals surface area contributed by atoms with Crippen molar-refractivity contribution in [3.8, 4) is 5.75 Å². The summed E-state index contributed by atoms with van der Waals surface area (Å²) in [6.07, 6.45) is 5.33. The highest BCUT2D eigenvalue weighted by Crippen LogP contribution is 2.39. The van der Waals surface area contributed by atoms with E-state index in [-0.39, 0.29) is 10.8 Å². The van der Waals surface area contributed by atoms with Gasteiger partial charge >= 0.3 is 0 Å². The molecule has 0 unspecified atom stereocenters. The molecule has 1 aromatic rings. The highest BCUT2D eigenvalue weighted by molar-refractivity contribution is 5.59. The van der Waals surface area contributed by atoms with Crippen molar-refractivity contribution in [2.24, 2.45) is 0 Å². The van der Waals surface area contributed by atoms with Crippen LogP contribution >= 0.6 is 0 Å². The third-order valence-corrected chi connectivity index (χ3v) is 3.29. The lowest BCUT2D eigenvalue weighted by Gasteiger charge is -2.27. The van der Waals surface area contributed by atoms with Gasteiger partial charge in [-0.15, -0.1) is 0 Å². The van der Waals surface area contributed by atoms with Crippen LogP contribution in [0.3, 0.4) is 0 Å². The van der Waals surface area contributed by atoms with Crippen LogP contribution in [0.25, 0.3) is 6.08 Å². The molecule has 0 bridgehead atoms. The van der Waals surface area contributed by atoms with Crippen LogP contribution in [-0.2, 0) is 10.8 Å². The van der Waals surface area contributed by atoms with Gasteiger partial charge in [0, 0.05) is 11.1 Å². The van der Waals surface area contributed by atoms with Crippen molar-refractivity contribution in [2.75, 3.05) is 0 Å². The Balaban J connectivity index is 3.52. The summed E-state index contributed by atoms with van der Waals surface area (Å²) < 4.78 is 0. The molecule has 106 valence electrons. The minimum absolute atomic E-state index is 0.0554. The van der Waals surface area contributed by atoms with Crippen LogP contribution in [0.15, 0.2) is 18.2 Å². The quantitative estimate of drug-likeness (QED) is 0.753. The molecule has 0 heterocycles. The third kappa shape index (κ3) is 3.86. The van der Waals surface area contributed by atoms with Gasteiger partial charge in [0.05, 0.1) is 0 Å². The van der Waals surface area contributed by atoms with E-state index in [9.17, 15) is 5.11 Å². The highest BCUT2D eigenvalue weighted by atomic mass is 16.3. The summed E-state index contributed by atoms with van der Waals surface area (Å²) in [6, 6.07) is 4.22. The molecular weight excluding hydrogens is 232 g/mol. The monoisotopic (exact) mass is 260 g/mol. The van der Waals surface area contributed by atoms with Gasteiger partial charge in [-0.2, -0.15) is 0 Å². The second kappa shape index (κ2) is 5.40. The van der Waals surface area contributed by atoms with Gasteiger partial charge in [-0.1, -0.05) is 60.6 Å². The van der Waals surface area contributed by atoms with E-state index in [1.54, 1.807) is 0 Å². The van der Waals surface area contributed by atoms with Gasteiger partial charge in [0.1, 0.15) is 5.75 Å². The molecule has 1 heteroatoms. The first-order valence-electron chi connectivity index (χ1n) is 7.12. The molecule has 0 spiro atoms. The standard InChI is InChI=1S/C18H28O/c1-8-9-10-13-11-14(17(2,3)4)16(19)15(12-13)18(5,6)7/h9-12,19H,8H2,1-7H3/b10-9+. The van der Waals surface area contributed by atoms with Crippen LogP contribution < -0.4 is 0 Å². The molecule has 0 amide bonds. The number of allylic oxidation sites excluding steroid dienone is 1. The number of rotatable bonds is 2. The first-order valence-corrected chi connectivity index (χ1v) is 7.12. The fraction of sp³-hybridized carbons (Fsp3) is 0.556. The lowest BCUT2D eigenvalue weighted by molar-refractivity contribution is 0.423. The Morgan fingerprint density at radius 3 is 1.68 bits per heavy atom. The van der Waals surface area contributed by atoms with Gasteiger partial charge in [0.15, 0.2) is 0 Å². The molecule has 1 aromatic carbocycles. The number of benzene rings is 1. The zero-order valence-corrected chi connectivity index (χ0v) is 13.5. The first-order chi connectivity index (χ1) is 8.57. The summed E-state index contributed by atoms with van der Waals surface area (Å²) in [4.78, 5) is 0. The van der Waals surface area contributed by atoms with E-state index in [2.05, 4.69) is 72.8 Å². The lowest BCUT2D eigenvalue weighted by Crippen LogP contribution is -2.17. The van der Waals surface area contributed by atoms with E-state index in [0.717, 1.165) is 17.5 Å². The van der Waals surface area contributed by atoms with E-state index in [1.807, 2.05) is 0 Å². The molecule has 0 radical (unpaired) electrons. The van der Waals surface area contributed by atoms with Crippen LogP contribution in [0.2, 0.25) is 0 Å². The normalized spacial score (nSPS) is 13.2. The second-order valence-corrected chi connectivity index (χ2v) is 7.28. The molecule has 0 aliphatic rings. The minimum atomic E-state index is -0.0554. The molecule has 0 atom stereocenters. The zero-order valence-electron chi connectivity index (χ0n) is 13.5. The number of phenolic OH excluding ortho intramolecular Hbond substituents is 1. The van der Waals surface area contributed by atoms with Crippen molar-refractivity contribution in [3.63, 3.8) is 0 Å². The van der Waals surface area contributed by atoms with Gasteiger partial charge in [-0.3, -0.25) is 0 Å². The van der Waals surface area contributed by atoms with E-state index in [0.29, 0.717) is 5.75 Å². The summed E-state index contributed by atoms with van der Waals surface area (Å²) >= 11 is 0. The molecular formula is C18H28O. The molecule has 0 aliphatic heterocycles. The topological polar surface area (TPSA) is 20.2 Å². The Kier molecular flexibility index (Phi) is 4.50. The maximum Gasteiger partial charge on any atom is 0.123 e. The summed E-state index contributed by atoms with van der Waals surface area (Å²) in [6.45, 7) is 15.0. The first kappa shape index (κ1) is 15.8. The molecule has 0 aliphatic carbocycles. The average molecular weight is 260 g/mol. The lowest BCUT2D eigenvalue weighted by atomic mass is 9.78. The van der Waals surface area contributed by atoms with Gasteiger partial charge < -0.3 is 5.11 Å².